The summed E-state index contributed by atoms with van der Waals surface area (Å²) in [6, 6.07) is 0. The van der Waals surface area contributed by atoms with Gasteiger partial charge in [0.25, 0.3) is 0 Å². The molecule has 1 amide bonds. The maximum Gasteiger partial charge on any atom is 0.410 e. The number of carbonyl (C=O) groups excluding carboxylic acids is 1. The Morgan fingerprint density at radius 3 is 2.60 bits per heavy atom. The molecule has 0 bridgehead atoms. The number of piperidine rings is 1. The monoisotopic (exact) mass is 235 g/mol. The lowest BCUT2D eigenvalue weighted by atomic mass is 10.1. The van der Waals surface area contributed by atoms with Crippen molar-refractivity contribution >= 4 is 17.7 Å². The number of likely N-dealkylation sites (tertiary alicyclic amines) is 1. The van der Waals surface area contributed by atoms with Gasteiger partial charge in [0.2, 0.25) is 0 Å². The molecule has 1 aliphatic rings. The molecule has 0 aromatic heterocycles. The van der Waals surface area contributed by atoms with E-state index in [0.717, 1.165) is 0 Å². The molecule has 0 radical (unpaired) electrons. The van der Waals surface area contributed by atoms with Crippen LogP contribution in [-0.4, -0.2) is 46.3 Å². The van der Waals surface area contributed by atoms with E-state index in [4.69, 9.17) is 16.3 Å². The molecule has 4 nitrogen and oxygen atoms in total. The highest BCUT2D eigenvalue weighted by Crippen LogP contribution is 2.18. The number of nitrogens with zero attached hydrogens (tertiary/aromatic N) is 1. The van der Waals surface area contributed by atoms with E-state index < -0.39 is 11.7 Å². The number of alkyl halides is 1. The molecule has 1 saturated heterocycles. The van der Waals surface area contributed by atoms with Crippen LogP contribution in [0.15, 0.2) is 0 Å². The Morgan fingerprint density at radius 1 is 1.53 bits per heavy atom. The molecule has 2 unspecified atom stereocenters. The summed E-state index contributed by atoms with van der Waals surface area (Å²) in [5.41, 5.74) is -0.500. The van der Waals surface area contributed by atoms with Crippen molar-refractivity contribution in [3.05, 3.63) is 0 Å². The van der Waals surface area contributed by atoms with Gasteiger partial charge < -0.3 is 14.7 Å². The molecule has 2 atom stereocenters. The number of amides is 1. The van der Waals surface area contributed by atoms with Crippen molar-refractivity contribution in [2.75, 3.05) is 13.1 Å². The number of carbonyl (C=O) groups is 1. The summed E-state index contributed by atoms with van der Waals surface area (Å²) in [4.78, 5) is 13.1. The third-order valence-electron chi connectivity index (χ3n) is 2.15. The van der Waals surface area contributed by atoms with E-state index in [1.165, 1.54) is 4.90 Å². The molecule has 88 valence electrons. The number of ether oxygens (including phenoxy) is 1. The van der Waals surface area contributed by atoms with Gasteiger partial charge in [0, 0.05) is 6.54 Å². The summed E-state index contributed by atoms with van der Waals surface area (Å²) in [6.07, 6.45) is -0.444. The van der Waals surface area contributed by atoms with Gasteiger partial charge in [-0.25, -0.2) is 4.79 Å². The molecule has 0 aromatic rings. The van der Waals surface area contributed by atoms with Crippen LogP contribution in [-0.2, 0) is 4.74 Å². The minimum atomic E-state index is -0.659. The first-order valence-electron chi connectivity index (χ1n) is 5.09. The Labute approximate surface area is 95.2 Å². The number of β-amino-alcohol motifs (C(OH)–C–C–N with tert-alkyl or cyclic N) is 1. The summed E-state index contributed by atoms with van der Waals surface area (Å²) in [5, 5.41) is 9.25. The zero-order chi connectivity index (χ0) is 11.6. The predicted octanol–water partition coefficient (Wildman–Crippen LogP) is 1.60. The van der Waals surface area contributed by atoms with Gasteiger partial charge in [0.1, 0.15) is 5.60 Å². The van der Waals surface area contributed by atoms with E-state index in [1.54, 1.807) is 0 Å². The predicted molar refractivity (Wildman–Crippen MR) is 58.1 cm³/mol. The molecule has 1 heterocycles. The highest BCUT2D eigenvalue weighted by atomic mass is 35.5. The molecule has 1 rings (SSSR count). The third kappa shape index (κ3) is 3.87. The smallest absolute Gasteiger partial charge is 0.410 e. The molecule has 15 heavy (non-hydrogen) atoms. The minimum Gasteiger partial charge on any atom is -0.444 e. The molecule has 0 spiro atoms. The second-order valence-electron chi connectivity index (χ2n) is 4.80. The summed E-state index contributed by atoms with van der Waals surface area (Å²) >= 11 is 5.84. The van der Waals surface area contributed by atoms with E-state index in [0.29, 0.717) is 13.0 Å². The lowest BCUT2D eigenvalue weighted by Gasteiger charge is -2.34. The lowest BCUT2D eigenvalue weighted by molar-refractivity contribution is 0.00491. The van der Waals surface area contributed by atoms with Crippen molar-refractivity contribution < 1.29 is 14.6 Å². The molecule has 1 fully saturated rings. The Hall–Kier alpha value is -0.480. The maximum atomic E-state index is 11.6. The van der Waals surface area contributed by atoms with Crippen molar-refractivity contribution in [3.8, 4) is 0 Å². The Kier molecular flexibility index (Phi) is 3.84. The van der Waals surface area contributed by atoms with Crippen LogP contribution in [0.3, 0.4) is 0 Å². The van der Waals surface area contributed by atoms with Gasteiger partial charge in [0.05, 0.1) is 18.0 Å². The number of hydrogen-bond acceptors (Lipinski definition) is 3. The van der Waals surface area contributed by atoms with Gasteiger partial charge in [-0.05, 0) is 27.2 Å². The van der Waals surface area contributed by atoms with Gasteiger partial charge in [-0.3, -0.25) is 0 Å². The Balaban J connectivity index is 2.48. The third-order valence-corrected chi connectivity index (χ3v) is 2.66. The number of aliphatic hydroxyl groups excluding tert-OH is 1. The summed E-state index contributed by atoms with van der Waals surface area (Å²) < 4.78 is 5.19. The average molecular weight is 236 g/mol. The van der Waals surface area contributed by atoms with Crippen LogP contribution >= 0.6 is 11.6 Å². The fourth-order valence-electron chi connectivity index (χ4n) is 1.40. The van der Waals surface area contributed by atoms with E-state index >= 15 is 0 Å². The van der Waals surface area contributed by atoms with E-state index in [9.17, 15) is 9.90 Å². The number of aliphatic hydroxyl groups is 1. The van der Waals surface area contributed by atoms with Gasteiger partial charge in [-0.2, -0.15) is 0 Å². The van der Waals surface area contributed by atoms with Gasteiger partial charge >= 0.3 is 6.09 Å². The quantitative estimate of drug-likeness (QED) is 0.649. The fourth-order valence-corrected chi connectivity index (χ4v) is 1.57. The van der Waals surface area contributed by atoms with Crippen LogP contribution in [0, 0.1) is 0 Å². The minimum absolute atomic E-state index is 0.253. The first kappa shape index (κ1) is 12.6. The van der Waals surface area contributed by atoms with Crippen LogP contribution in [0.25, 0.3) is 0 Å². The molecule has 0 aliphatic carbocycles. The van der Waals surface area contributed by atoms with Crippen LogP contribution < -0.4 is 0 Å². The normalized spacial score (nSPS) is 27.7. The highest BCUT2D eigenvalue weighted by molar-refractivity contribution is 6.21. The lowest BCUT2D eigenvalue weighted by Crippen LogP contribution is -2.48. The molecule has 0 saturated carbocycles. The van der Waals surface area contributed by atoms with Gasteiger partial charge in [-0.15, -0.1) is 11.6 Å². The van der Waals surface area contributed by atoms with E-state index in [1.807, 2.05) is 20.8 Å². The van der Waals surface area contributed by atoms with Crippen LogP contribution in [0.4, 0.5) is 4.79 Å². The second-order valence-corrected chi connectivity index (χ2v) is 5.36. The van der Waals surface area contributed by atoms with Crippen LogP contribution in [0.2, 0.25) is 0 Å². The summed E-state index contributed by atoms with van der Waals surface area (Å²) in [6.45, 7) is 6.24. The second kappa shape index (κ2) is 4.58. The average Bonchev–Trinajstić information content (AvgIpc) is 2.06. The van der Waals surface area contributed by atoms with Crippen LogP contribution in [0.5, 0.6) is 0 Å². The van der Waals surface area contributed by atoms with Gasteiger partial charge in [-0.1, -0.05) is 0 Å². The highest BCUT2D eigenvalue weighted by Gasteiger charge is 2.31. The topological polar surface area (TPSA) is 49.8 Å². The van der Waals surface area contributed by atoms with Crippen molar-refractivity contribution in [1.82, 2.24) is 4.90 Å². The number of rotatable bonds is 0. The Bertz CT molecular complexity index is 239. The van der Waals surface area contributed by atoms with Crippen molar-refractivity contribution in [2.45, 2.75) is 44.3 Å². The zero-order valence-corrected chi connectivity index (χ0v) is 10.1. The number of hydrogen-bond donors (Lipinski definition) is 1. The van der Waals surface area contributed by atoms with Crippen molar-refractivity contribution in [1.29, 1.82) is 0 Å². The van der Waals surface area contributed by atoms with E-state index in [2.05, 4.69) is 0 Å². The summed E-state index contributed by atoms with van der Waals surface area (Å²) in [7, 11) is 0. The molecule has 1 aliphatic heterocycles. The van der Waals surface area contributed by atoms with Crippen molar-refractivity contribution in [2.24, 2.45) is 0 Å². The molecular formula is C10H18ClNO3. The first-order valence-corrected chi connectivity index (χ1v) is 5.53. The van der Waals surface area contributed by atoms with Gasteiger partial charge in [0.15, 0.2) is 0 Å². The molecule has 0 aromatic carbocycles. The molecular weight excluding hydrogens is 218 g/mol. The number of halogens is 1. The SMILES string of the molecule is CC(C)(C)OC(=O)N1CCC(Cl)C(O)C1. The van der Waals surface area contributed by atoms with Crippen LogP contribution in [0.1, 0.15) is 27.2 Å². The van der Waals surface area contributed by atoms with E-state index in [-0.39, 0.29) is 18.0 Å². The fraction of sp³-hybridized carbons (Fsp3) is 0.900. The standard InChI is InChI=1S/C10H18ClNO3/c1-10(2,3)15-9(14)12-5-4-7(11)8(13)6-12/h7-8,13H,4-6H2,1-3H3. The first-order chi connectivity index (χ1) is 6.79. The zero-order valence-electron chi connectivity index (χ0n) is 9.36. The molecule has 5 heteroatoms. The summed E-state index contributed by atoms with van der Waals surface area (Å²) in [5.74, 6) is 0. The van der Waals surface area contributed by atoms with Crippen molar-refractivity contribution in [3.63, 3.8) is 0 Å². The maximum absolute atomic E-state index is 11.6. The Morgan fingerprint density at radius 2 is 2.13 bits per heavy atom. The molecule has 1 N–H and O–H groups in total. The largest absolute Gasteiger partial charge is 0.444 e.